The molecule has 3 heterocycles. The van der Waals surface area contributed by atoms with E-state index in [4.69, 9.17) is 0 Å². The summed E-state index contributed by atoms with van der Waals surface area (Å²) >= 11 is 0. The molecule has 164 valence electrons. The zero-order chi connectivity index (χ0) is 20.1. The zero-order valence-corrected chi connectivity index (χ0v) is 18.1. The van der Waals surface area contributed by atoms with Crippen LogP contribution in [0.5, 0.6) is 0 Å². The topological polar surface area (TPSA) is 70.4 Å². The average molecular weight is 414 g/mol. The van der Waals surface area contributed by atoms with Crippen molar-refractivity contribution >= 4 is 5.91 Å². The van der Waals surface area contributed by atoms with Crippen molar-refractivity contribution in [1.29, 1.82) is 0 Å². The second-order valence-corrected chi connectivity index (χ2v) is 10.7. The summed E-state index contributed by atoms with van der Waals surface area (Å²) in [7, 11) is 0. The van der Waals surface area contributed by atoms with Crippen LogP contribution in [0.15, 0.2) is 0 Å². The molecule has 4 bridgehead atoms. The Balaban J connectivity index is 1.05. The molecule has 4 saturated carbocycles. The largest absolute Gasteiger partial charge is 0.339 e. The van der Waals surface area contributed by atoms with Gasteiger partial charge in [-0.1, -0.05) is 0 Å². The molecule has 1 aromatic heterocycles. The monoisotopic (exact) mass is 413 g/mol. The van der Waals surface area contributed by atoms with Gasteiger partial charge in [0.2, 0.25) is 5.91 Å². The average Bonchev–Trinajstić information content (AvgIpc) is 3.40. The number of amides is 1. The van der Waals surface area contributed by atoms with Gasteiger partial charge in [0, 0.05) is 31.7 Å². The summed E-state index contributed by atoms with van der Waals surface area (Å²) < 4.78 is 1.71. The Labute approximate surface area is 178 Å². The van der Waals surface area contributed by atoms with Crippen LogP contribution in [0.4, 0.5) is 0 Å². The summed E-state index contributed by atoms with van der Waals surface area (Å²) in [6, 6.07) is 0. The number of carbonyl (C=O) groups excluding carboxylic acids is 1. The highest BCUT2D eigenvalue weighted by molar-refractivity contribution is 5.76. The SMILES string of the molecule is O=C(Cn1nnnc1CN1CCCC1)N1CCN(C23CC4CC(CC(C4)C2)C3)CC1. The van der Waals surface area contributed by atoms with Crippen LogP contribution in [0.2, 0.25) is 0 Å². The minimum absolute atomic E-state index is 0.162. The summed E-state index contributed by atoms with van der Waals surface area (Å²) in [5.74, 6) is 3.91. The normalized spacial score (nSPS) is 36.7. The standard InChI is InChI=1S/C22H35N7O/c30-21(16-29-20(23-24-25-29)15-26-3-1-2-4-26)27-5-7-28(8-6-27)22-12-17-9-18(13-22)11-19(10-17)14-22/h17-19H,1-16H2. The van der Waals surface area contributed by atoms with Gasteiger partial charge in [-0.25, -0.2) is 4.68 Å². The predicted molar refractivity (Wildman–Crippen MR) is 111 cm³/mol. The third-order valence-electron chi connectivity index (χ3n) is 8.76. The van der Waals surface area contributed by atoms with E-state index in [2.05, 4.69) is 25.3 Å². The summed E-state index contributed by atoms with van der Waals surface area (Å²) in [5.41, 5.74) is 0.461. The minimum Gasteiger partial charge on any atom is -0.339 e. The Morgan fingerprint density at radius 2 is 1.53 bits per heavy atom. The lowest BCUT2D eigenvalue weighted by molar-refractivity contribution is -0.139. The zero-order valence-electron chi connectivity index (χ0n) is 18.1. The lowest BCUT2D eigenvalue weighted by Gasteiger charge is -2.61. The molecule has 6 aliphatic rings. The molecule has 2 aliphatic heterocycles. The Kier molecular flexibility index (Phi) is 4.82. The molecule has 1 aromatic rings. The van der Waals surface area contributed by atoms with Gasteiger partial charge in [0.15, 0.2) is 5.82 Å². The maximum Gasteiger partial charge on any atom is 0.244 e. The fourth-order valence-electron chi connectivity index (χ4n) is 7.71. The first-order valence-electron chi connectivity index (χ1n) is 12.2. The van der Waals surface area contributed by atoms with Gasteiger partial charge in [-0.2, -0.15) is 0 Å². The number of hydrogen-bond acceptors (Lipinski definition) is 6. The van der Waals surface area contributed by atoms with Crippen molar-refractivity contribution in [2.24, 2.45) is 17.8 Å². The Morgan fingerprint density at radius 3 is 2.17 bits per heavy atom. The van der Waals surface area contributed by atoms with Crippen LogP contribution in [-0.4, -0.2) is 85.6 Å². The molecule has 0 unspecified atom stereocenters. The third kappa shape index (κ3) is 3.45. The number of piperazine rings is 1. The Bertz CT molecular complexity index is 743. The minimum atomic E-state index is 0.162. The van der Waals surface area contributed by atoms with Crippen LogP contribution in [-0.2, 0) is 17.9 Å². The van der Waals surface area contributed by atoms with Crippen molar-refractivity contribution in [1.82, 2.24) is 34.9 Å². The lowest BCUT2D eigenvalue weighted by atomic mass is 9.52. The number of hydrogen-bond donors (Lipinski definition) is 0. The van der Waals surface area contributed by atoms with Crippen LogP contribution < -0.4 is 0 Å². The van der Waals surface area contributed by atoms with Crippen LogP contribution in [0, 0.1) is 17.8 Å². The van der Waals surface area contributed by atoms with E-state index in [0.717, 1.165) is 69.4 Å². The van der Waals surface area contributed by atoms with Gasteiger partial charge in [-0.05, 0) is 92.6 Å². The lowest BCUT2D eigenvalue weighted by Crippen LogP contribution is -2.64. The van der Waals surface area contributed by atoms with Crippen molar-refractivity contribution in [3.05, 3.63) is 5.82 Å². The van der Waals surface area contributed by atoms with Gasteiger partial charge >= 0.3 is 0 Å². The highest BCUT2D eigenvalue weighted by atomic mass is 16.2. The first-order valence-corrected chi connectivity index (χ1v) is 12.2. The molecule has 0 aromatic carbocycles. The molecule has 0 atom stereocenters. The van der Waals surface area contributed by atoms with Crippen LogP contribution in [0.25, 0.3) is 0 Å². The summed E-state index contributed by atoms with van der Waals surface area (Å²) in [4.78, 5) is 20.2. The number of tetrazole rings is 1. The van der Waals surface area contributed by atoms with Gasteiger partial charge < -0.3 is 4.90 Å². The molecule has 8 nitrogen and oxygen atoms in total. The molecule has 2 saturated heterocycles. The Hall–Kier alpha value is -1.54. The van der Waals surface area contributed by atoms with E-state index in [1.54, 1.807) is 4.68 Å². The molecule has 0 spiro atoms. The van der Waals surface area contributed by atoms with Crippen molar-refractivity contribution in [2.45, 2.75) is 70.0 Å². The van der Waals surface area contributed by atoms with Crippen LogP contribution >= 0.6 is 0 Å². The molecular formula is C22H35N7O. The molecule has 8 heteroatoms. The molecule has 7 rings (SSSR count). The number of carbonyl (C=O) groups is 1. The first-order chi connectivity index (χ1) is 14.7. The first kappa shape index (κ1) is 19.2. The van der Waals surface area contributed by atoms with Gasteiger partial charge in [-0.15, -0.1) is 5.10 Å². The molecule has 0 radical (unpaired) electrons. The van der Waals surface area contributed by atoms with Crippen molar-refractivity contribution < 1.29 is 4.79 Å². The molecule has 4 aliphatic carbocycles. The van der Waals surface area contributed by atoms with Gasteiger partial charge in [-0.3, -0.25) is 14.6 Å². The van der Waals surface area contributed by atoms with Crippen molar-refractivity contribution in [2.75, 3.05) is 39.3 Å². The highest BCUT2D eigenvalue weighted by Crippen LogP contribution is 2.57. The molecule has 6 fully saturated rings. The second kappa shape index (κ2) is 7.55. The molecule has 0 N–H and O–H groups in total. The van der Waals surface area contributed by atoms with E-state index in [1.165, 1.54) is 51.4 Å². The third-order valence-corrected chi connectivity index (χ3v) is 8.76. The van der Waals surface area contributed by atoms with Crippen molar-refractivity contribution in [3.8, 4) is 0 Å². The van der Waals surface area contributed by atoms with E-state index in [9.17, 15) is 4.79 Å². The van der Waals surface area contributed by atoms with E-state index >= 15 is 0 Å². The number of aromatic nitrogens is 4. The van der Waals surface area contributed by atoms with Gasteiger partial charge in [0.05, 0.1) is 6.54 Å². The smallest absolute Gasteiger partial charge is 0.244 e. The predicted octanol–water partition coefficient (Wildman–Crippen LogP) is 1.38. The van der Waals surface area contributed by atoms with E-state index < -0.39 is 0 Å². The fourth-order valence-corrected chi connectivity index (χ4v) is 7.71. The number of nitrogens with zero attached hydrogens (tertiary/aromatic N) is 7. The number of rotatable bonds is 5. The van der Waals surface area contributed by atoms with Crippen LogP contribution in [0.1, 0.15) is 57.2 Å². The molecule has 1 amide bonds. The van der Waals surface area contributed by atoms with Gasteiger partial charge in [0.25, 0.3) is 0 Å². The summed E-state index contributed by atoms with van der Waals surface area (Å²) in [6.07, 6.45) is 11.2. The van der Waals surface area contributed by atoms with Crippen molar-refractivity contribution in [3.63, 3.8) is 0 Å². The van der Waals surface area contributed by atoms with E-state index in [1.807, 2.05) is 4.90 Å². The maximum atomic E-state index is 13.0. The van der Waals surface area contributed by atoms with Gasteiger partial charge in [0.1, 0.15) is 6.54 Å². The quantitative estimate of drug-likeness (QED) is 0.726. The van der Waals surface area contributed by atoms with E-state index in [0.29, 0.717) is 5.54 Å². The Morgan fingerprint density at radius 1 is 0.900 bits per heavy atom. The molecule has 30 heavy (non-hydrogen) atoms. The summed E-state index contributed by atoms with van der Waals surface area (Å²) in [5, 5.41) is 12.1. The fraction of sp³-hybridized carbons (Fsp3) is 0.909. The second-order valence-electron chi connectivity index (χ2n) is 10.7. The molecular weight excluding hydrogens is 378 g/mol. The van der Waals surface area contributed by atoms with Crippen LogP contribution in [0.3, 0.4) is 0 Å². The number of likely N-dealkylation sites (tertiary alicyclic amines) is 1. The highest BCUT2D eigenvalue weighted by Gasteiger charge is 2.53. The maximum absolute atomic E-state index is 13.0. The summed E-state index contributed by atoms with van der Waals surface area (Å²) in [6.45, 7) is 7.00. The van der Waals surface area contributed by atoms with E-state index in [-0.39, 0.29) is 12.5 Å².